The zero-order chi connectivity index (χ0) is 15.4. The molecule has 0 bridgehead atoms. The third-order valence-electron chi connectivity index (χ3n) is 3.27. The molecule has 0 unspecified atom stereocenters. The zero-order valence-electron chi connectivity index (χ0n) is 12.0. The number of rotatable bonds is 4. The smallest absolute Gasteiger partial charge is 0.170 e. The molecule has 5 heteroatoms. The van der Waals surface area contributed by atoms with E-state index in [1.165, 1.54) is 11.1 Å². The summed E-state index contributed by atoms with van der Waals surface area (Å²) in [5.41, 5.74) is 10.8. The van der Waals surface area contributed by atoms with Crippen molar-refractivity contribution in [3.63, 3.8) is 0 Å². The second-order valence-corrected chi connectivity index (χ2v) is 5.91. The lowest BCUT2D eigenvalue weighted by atomic mass is 10.0. The van der Waals surface area contributed by atoms with Crippen molar-refractivity contribution in [2.24, 2.45) is 10.9 Å². The molecule has 2 aromatic rings. The maximum Gasteiger partial charge on any atom is 0.170 e. The van der Waals surface area contributed by atoms with Gasteiger partial charge >= 0.3 is 0 Å². The fourth-order valence-electron chi connectivity index (χ4n) is 2.15. The molecule has 0 aliphatic rings. The van der Waals surface area contributed by atoms with Gasteiger partial charge < -0.3 is 16.3 Å². The van der Waals surface area contributed by atoms with E-state index in [4.69, 9.17) is 10.9 Å². The summed E-state index contributed by atoms with van der Waals surface area (Å²) in [5, 5.41) is 15.1. The van der Waals surface area contributed by atoms with Gasteiger partial charge in [0.15, 0.2) is 5.84 Å². The quantitative estimate of drug-likeness (QED) is 0.341. The van der Waals surface area contributed by atoms with Crippen LogP contribution in [0.2, 0.25) is 0 Å². The normalized spacial score (nSPS) is 11.5. The van der Waals surface area contributed by atoms with Gasteiger partial charge in [0.1, 0.15) is 0 Å². The van der Waals surface area contributed by atoms with Gasteiger partial charge in [0.2, 0.25) is 0 Å². The summed E-state index contributed by atoms with van der Waals surface area (Å²) < 4.78 is 1.06. The van der Waals surface area contributed by atoms with Gasteiger partial charge in [0.05, 0.1) is 0 Å². The Labute approximate surface area is 132 Å². The van der Waals surface area contributed by atoms with Crippen LogP contribution in [0.25, 0.3) is 0 Å². The number of amidine groups is 1. The van der Waals surface area contributed by atoms with E-state index in [1.807, 2.05) is 31.2 Å². The Morgan fingerprint density at radius 3 is 2.62 bits per heavy atom. The average molecular weight is 348 g/mol. The lowest BCUT2D eigenvalue weighted by Gasteiger charge is -2.11. The number of anilines is 1. The van der Waals surface area contributed by atoms with Crippen LogP contribution in [0.1, 0.15) is 22.3 Å². The highest BCUT2D eigenvalue weighted by Gasteiger charge is 2.04. The third kappa shape index (κ3) is 3.98. The van der Waals surface area contributed by atoms with Crippen LogP contribution in [0.4, 0.5) is 5.69 Å². The molecule has 0 saturated carbocycles. The van der Waals surface area contributed by atoms with E-state index < -0.39 is 0 Å². The molecule has 0 aromatic heterocycles. The molecule has 4 N–H and O–H groups in total. The van der Waals surface area contributed by atoms with Crippen molar-refractivity contribution in [3.05, 3.63) is 63.1 Å². The molecule has 0 saturated heterocycles. The molecule has 0 fully saturated rings. The summed E-state index contributed by atoms with van der Waals surface area (Å²) in [4.78, 5) is 0. The summed E-state index contributed by atoms with van der Waals surface area (Å²) in [7, 11) is 0. The monoisotopic (exact) mass is 347 g/mol. The average Bonchev–Trinajstić information content (AvgIpc) is 2.44. The van der Waals surface area contributed by atoms with Crippen LogP contribution in [0, 0.1) is 13.8 Å². The molecule has 0 aliphatic heterocycles. The number of nitrogens with two attached hydrogens (primary N) is 1. The molecule has 4 nitrogen and oxygen atoms in total. The Balaban J connectivity index is 2.13. The van der Waals surface area contributed by atoms with Crippen LogP contribution in [0.3, 0.4) is 0 Å². The van der Waals surface area contributed by atoms with Gasteiger partial charge in [-0.1, -0.05) is 33.2 Å². The predicted molar refractivity (Wildman–Crippen MR) is 89.9 cm³/mol. The van der Waals surface area contributed by atoms with Gasteiger partial charge in [-0.3, -0.25) is 0 Å². The van der Waals surface area contributed by atoms with Crippen LogP contribution < -0.4 is 11.1 Å². The lowest BCUT2D eigenvalue weighted by molar-refractivity contribution is 0.318. The van der Waals surface area contributed by atoms with Crippen molar-refractivity contribution in [1.82, 2.24) is 0 Å². The molecule has 0 atom stereocenters. The number of benzene rings is 2. The zero-order valence-corrected chi connectivity index (χ0v) is 13.6. The minimum Gasteiger partial charge on any atom is -0.409 e. The molecule has 0 spiro atoms. The summed E-state index contributed by atoms with van der Waals surface area (Å²) in [5.74, 6) is 0.125. The van der Waals surface area contributed by atoms with Crippen LogP contribution in [0.5, 0.6) is 0 Å². The number of oxime groups is 1. The van der Waals surface area contributed by atoms with Gasteiger partial charge in [-0.25, -0.2) is 0 Å². The van der Waals surface area contributed by atoms with E-state index in [0.29, 0.717) is 0 Å². The summed E-state index contributed by atoms with van der Waals surface area (Å²) in [6.45, 7) is 4.79. The molecule has 0 radical (unpaired) electrons. The molecular weight excluding hydrogens is 330 g/mol. The third-order valence-corrected chi connectivity index (χ3v) is 3.73. The highest BCUT2D eigenvalue weighted by molar-refractivity contribution is 9.10. The molecule has 21 heavy (non-hydrogen) atoms. The SMILES string of the molecule is Cc1cc(Br)cc(NCc2ccc(/C(N)=N/O)cc2C)c1. The minimum absolute atomic E-state index is 0.125. The Bertz CT molecular complexity index is 663. The molecule has 0 heterocycles. The first kappa shape index (κ1) is 15.4. The Morgan fingerprint density at radius 1 is 1.24 bits per heavy atom. The predicted octanol–water partition coefficient (Wildman–Crippen LogP) is 3.77. The van der Waals surface area contributed by atoms with Gasteiger partial charge in [-0.2, -0.15) is 0 Å². The highest BCUT2D eigenvalue weighted by atomic mass is 79.9. The fraction of sp³-hybridized carbons (Fsp3) is 0.188. The highest BCUT2D eigenvalue weighted by Crippen LogP contribution is 2.20. The van der Waals surface area contributed by atoms with Gasteiger partial charge in [-0.05, 0) is 54.8 Å². The Kier molecular flexibility index (Phi) is 4.85. The summed E-state index contributed by atoms with van der Waals surface area (Å²) in [6.07, 6.45) is 0. The minimum atomic E-state index is 0.125. The first-order valence-corrected chi connectivity index (χ1v) is 7.37. The number of nitrogens with zero attached hydrogens (tertiary/aromatic N) is 1. The number of hydrogen-bond acceptors (Lipinski definition) is 3. The van der Waals surface area contributed by atoms with Crippen molar-refractivity contribution >= 4 is 27.5 Å². The first-order chi connectivity index (χ1) is 9.99. The molecule has 2 aromatic carbocycles. The van der Waals surface area contributed by atoms with Crippen LogP contribution in [-0.4, -0.2) is 11.0 Å². The molecule has 0 aliphatic carbocycles. The van der Waals surface area contributed by atoms with Crippen molar-refractivity contribution < 1.29 is 5.21 Å². The van der Waals surface area contributed by atoms with Gasteiger partial charge in [-0.15, -0.1) is 0 Å². The maximum atomic E-state index is 8.70. The summed E-state index contributed by atoms with van der Waals surface area (Å²) >= 11 is 3.50. The number of hydrogen-bond donors (Lipinski definition) is 3. The van der Waals surface area contributed by atoms with Gasteiger partial charge in [0.25, 0.3) is 0 Å². The second kappa shape index (κ2) is 6.63. The standard InChI is InChI=1S/C16H18BrN3O/c1-10-5-14(17)8-15(6-10)19-9-13-4-3-12(7-11(13)2)16(18)20-21/h3-8,19,21H,9H2,1-2H3,(H2,18,20). The molecular formula is C16H18BrN3O. The largest absolute Gasteiger partial charge is 0.409 e. The fourth-order valence-corrected chi connectivity index (χ4v) is 2.75. The number of aryl methyl sites for hydroxylation is 2. The summed E-state index contributed by atoms with van der Waals surface area (Å²) in [6, 6.07) is 12.0. The van der Waals surface area contributed by atoms with Crippen molar-refractivity contribution in [2.75, 3.05) is 5.32 Å². The van der Waals surface area contributed by atoms with Crippen LogP contribution in [-0.2, 0) is 6.54 Å². The number of nitrogens with one attached hydrogen (secondary N) is 1. The number of halogens is 1. The second-order valence-electron chi connectivity index (χ2n) is 5.00. The molecule has 0 amide bonds. The van der Waals surface area contributed by atoms with E-state index in [0.717, 1.165) is 27.8 Å². The van der Waals surface area contributed by atoms with E-state index in [1.54, 1.807) is 0 Å². The molecule has 110 valence electrons. The Hall–Kier alpha value is -2.01. The van der Waals surface area contributed by atoms with E-state index in [-0.39, 0.29) is 5.84 Å². The van der Waals surface area contributed by atoms with E-state index in [9.17, 15) is 0 Å². The Morgan fingerprint density at radius 2 is 2.00 bits per heavy atom. The van der Waals surface area contributed by atoms with Crippen molar-refractivity contribution in [2.45, 2.75) is 20.4 Å². The molecule has 2 rings (SSSR count). The van der Waals surface area contributed by atoms with E-state index in [2.05, 4.69) is 45.5 Å². The maximum absolute atomic E-state index is 8.70. The van der Waals surface area contributed by atoms with Crippen molar-refractivity contribution in [3.8, 4) is 0 Å². The van der Waals surface area contributed by atoms with E-state index >= 15 is 0 Å². The van der Waals surface area contributed by atoms with Crippen LogP contribution in [0.15, 0.2) is 46.0 Å². The van der Waals surface area contributed by atoms with Gasteiger partial charge in [0, 0.05) is 22.3 Å². The lowest BCUT2D eigenvalue weighted by Crippen LogP contribution is -2.13. The first-order valence-electron chi connectivity index (χ1n) is 6.58. The topological polar surface area (TPSA) is 70.6 Å². The van der Waals surface area contributed by atoms with Crippen LogP contribution >= 0.6 is 15.9 Å². The van der Waals surface area contributed by atoms with Crippen molar-refractivity contribution in [1.29, 1.82) is 0 Å².